The molecule has 0 fully saturated rings. The molecular weight excluding hydrogens is 739 g/mol. The lowest BCUT2D eigenvalue weighted by molar-refractivity contribution is 0.660. The van der Waals surface area contributed by atoms with Gasteiger partial charge in [-0.1, -0.05) is 172 Å². The fourth-order valence-corrected chi connectivity index (χ4v) is 10.1. The summed E-state index contributed by atoms with van der Waals surface area (Å²) >= 11 is 0. The highest BCUT2D eigenvalue weighted by molar-refractivity contribution is 6.17. The molecule has 0 saturated carbocycles. The van der Waals surface area contributed by atoms with Crippen LogP contribution in [-0.4, -0.2) is 0 Å². The number of anilines is 3. The van der Waals surface area contributed by atoms with Gasteiger partial charge in [0.15, 0.2) is 0 Å². The third-order valence-corrected chi connectivity index (χ3v) is 13.1. The molecule has 11 aromatic rings. The van der Waals surface area contributed by atoms with E-state index in [-0.39, 0.29) is 5.41 Å². The molecule has 61 heavy (non-hydrogen) atoms. The maximum Gasteiger partial charge on any atom is 0.136 e. The smallest absolute Gasteiger partial charge is 0.136 e. The molecule has 10 aromatic carbocycles. The van der Waals surface area contributed by atoms with Crippen LogP contribution < -0.4 is 4.90 Å². The van der Waals surface area contributed by atoms with Crippen molar-refractivity contribution in [2.24, 2.45) is 0 Å². The Labute approximate surface area is 355 Å². The lowest BCUT2D eigenvalue weighted by atomic mass is 9.82. The predicted molar refractivity (Wildman–Crippen MR) is 257 cm³/mol. The highest BCUT2D eigenvalue weighted by atomic mass is 16.3. The van der Waals surface area contributed by atoms with Crippen molar-refractivity contribution in [2.45, 2.75) is 19.3 Å². The first-order chi connectivity index (χ1) is 30.0. The van der Waals surface area contributed by atoms with Crippen LogP contribution in [0.2, 0.25) is 0 Å². The molecule has 0 N–H and O–H groups in total. The van der Waals surface area contributed by atoms with Crippen LogP contribution in [0.1, 0.15) is 25.0 Å². The van der Waals surface area contributed by atoms with Gasteiger partial charge < -0.3 is 9.32 Å². The van der Waals surface area contributed by atoms with Crippen LogP contribution in [0, 0.1) is 0 Å². The lowest BCUT2D eigenvalue weighted by Crippen LogP contribution is -2.17. The van der Waals surface area contributed by atoms with E-state index in [0.717, 1.165) is 50.1 Å². The largest absolute Gasteiger partial charge is 0.456 e. The average molecular weight is 780 g/mol. The van der Waals surface area contributed by atoms with Gasteiger partial charge in [-0.3, -0.25) is 0 Å². The zero-order valence-electron chi connectivity index (χ0n) is 34.1. The summed E-state index contributed by atoms with van der Waals surface area (Å²) < 4.78 is 6.61. The minimum Gasteiger partial charge on any atom is -0.456 e. The Morgan fingerprint density at radius 3 is 1.89 bits per heavy atom. The first kappa shape index (κ1) is 35.3. The van der Waals surface area contributed by atoms with E-state index in [4.69, 9.17) is 4.42 Å². The van der Waals surface area contributed by atoms with Gasteiger partial charge in [0.05, 0.1) is 5.69 Å². The summed E-state index contributed by atoms with van der Waals surface area (Å²) in [6.45, 7) is 4.72. The van der Waals surface area contributed by atoms with Crippen molar-refractivity contribution in [3.8, 4) is 44.5 Å². The molecule has 0 saturated heterocycles. The molecule has 0 unspecified atom stereocenters. The van der Waals surface area contributed by atoms with Crippen molar-refractivity contribution in [2.75, 3.05) is 4.90 Å². The van der Waals surface area contributed by atoms with Crippen molar-refractivity contribution in [3.05, 3.63) is 223 Å². The van der Waals surface area contributed by atoms with Gasteiger partial charge in [-0.2, -0.15) is 0 Å². The lowest BCUT2D eigenvalue weighted by Gasteiger charge is -2.30. The Morgan fingerprint density at radius 1 is 0.377 bits per heavy atom. The standard InChI is InChI=1S/C59H41NO/c1-59(2)52-25-12-10-23-48(52)49-32-31-44(37-53(49)59)60(43-29-27-39(28-30-43)51-36-41-17-6-7-20-45(41)46-21-8-9-22-47(46)51)54-33-34-56-58(50-24-11-13-26-55(50)61-56)57(54)42-19-14-18-40(35-42)38-15-4-3-5-16-38/h3-37H,1-2H3. The van der Waals surface area contributed by atoms with Crippen LogP contribution in [0.5, 0.6) is 0 Å². The number of para-hydroxylation sites is 1. The van der Waals surface area contributed by atoms with E-state index in [2.05, 4.69) is 231 Å². The Hall–Kier alpha value is -7.68. The molecule has 1 heterocycles. The highest BCUT2D eigenvalue weighted by Gasteiger charge is 2.36. The van der Waals surface area contributed by atoms with Gasteiger partial charge in [0.25, 0.3) is 0 Å². The van der Waals surface area contributed by atoms with Crippen LogP contribution in [0.3, 0.4) is 0 Å². The zero-order chi connectivity index (χ0) is 40.7. The third-order valence-electron chi connectivity index (χ3n) is 13.1. The minimum absolute atomic E-state index is 0.161. The Kier molecular flexibility index (Phi) is 7.92. The van der Waals surface area contributed by atoms with Crippen molar-refractivity contribution in [1.29, 1.82) is 0 Å². The maximum absolute atomic E-state index is 6.61. The van der Waals surface area contributed by atoms with Crippen LogP contribution in [0.15, 0.2) is 217 Å². The maximum atomic E-state index is 6.61. The molecule has 0 radical (unpaired) electrons. The van der Waals surface area contributed by atoms with Crippen molar-refractivity contribution >= 4 is 60.5 Å². The molecule has 0 spiro atoms. The van der Waals surface area contributed by atoms with E-state index in [1.807, 2.05) is 0 Å². The van der Waals surface area contributed by atoms with Crippen molar-refractivity contribution in [3.63, 3.8) is 0 Å². The van der Waals surface area contributed by atoms with Gasteiger partial charge in [0.2, 0.25) is 0 Å². The molecule has 1 aliphatic carbocycles. The molecule has 2 nitrogen and oxygen atoms in total. The van der Waals surface area contributed by atoms with E-state index in [1.165, 1.54) is 66.1 Å². The molecule has 0 atom stereocenters. The monoisotopic (exact) mass is 779 g/mol. The highest BCUT2D eigenvalue weighted by Crippen LogP contribution is 2.53. The van der Waals surface area contributed by atoms with Crippen LogP contribution in [0.4, 0.5) is 17.1 Å². The Morgan fingerprint density at radius 2 is 1.03 bits per heavy atom. The summed E-state index contributed by atoms with van der Waals surface area (Å²) in [6, 6.07) is 77.5. The first-order valence-electron chi connectivity index (χ1n) is 21.2. The van der Waals surface area contributed by atoms with Gasteiger partial charge in [0, 0.05) is 33.1 Å². The van der Waals surface area contributed by atoms with Gasteiger partial charge in [0.1, 0.15) is 11.2 Å². The fraction of sp³-hybridized carbons (Fsp3) is 0.0508. The van der Waals surface area contributed by atoms with E-state index in [1.54, 1.807) is 0 Å². The van der Waals surface area contributed by atoms with E-state index in [0.29, 0.717) is 0 Å². The summed E-state index contributed by atoms with van der Waals surface area (Å²) in [6.07, 6.45) is 0. The summed E-state index contributed by atoms with van der Waals surface area (Å²) in [5, 5.41) is 7.25. The minimum atomic E-state index is -0.161. The molecule has 0 aliphatic heterocycles. The molecule has 0 bridgehead atoms. The predicted octanol–water partition coefficient (Wildman–Crippen LogP) is 16.7. The normalized spacial score (nSPS) is 12.9. The topological polar surface area (TPSA) is 16.4 Å². The quantitative estimate of drug-likeness (QED) is 0.156. The molecule has 12 rings (SSSR count). The number of hydrogen-bond acceptors (Lipinski definition) is 2. The third kappa shape index (κ3) is 5.56. The van der Waals surface area contributed by atoms with E-state index in [9.17, 15) is 0 Å². The number of benzene rings is 10. The van der Waals surface area contributed by atoms with Crippen LogP contribution >= 0.6 is 0 Å². The summed E-state index contributed by atoms with van der Waals surface area (Å²) in [7, 11) is 0. The van der Waals surface area contributed by atoms with Gasteiger partial charge in [-0.05, 0) is 126 Å². The van der Waals surface area contributed by atoms with Gasteiger partial charge >= 0.3 is 0 Å². The van der Waals surface area contributed by atoms with Crippen molar-refractivity contribution in [1.82, 2.24) is 0 Å². The zero-order valence-corrected chi connectivity index (χ0v) is 34.1. The SMILES string of the molecule is CC1(C)c2ccccc2-c2ccc(N(c3ccc(-c4cc5ccccc5c5ccccc45)cc3)c3ccc4oc5ccccc5c4c3-c3cccc(-c4ccccc4)c3)cc21. The van der Waals surface area contributed by atoms with Crippen molar-refractivity contribution < 1.29 is 4.42 Å². The van der Waals surface area contributed by atoms with E-state index < -0.39 is 0 Å². The summed E-state index contributed by atoms with van der Waals surface area (Å²) in [5.41, 5.74) is 17.2. The number of fused-ring (bicyclic) bond motifs is 9. The average Bonchev–Trinajstić information content (AvgIpc) is 3.81. The molecule has 0 amide bonds. The van der Waals surface area contributed by atoms with Crippen LogP contribution in [0.25, 0.3) is 88.0 Å². The Balaban J connectivity index is 1.11. The number of rotatable bonds is 6. The summed E-state index contributed by atoms with van der Waals surface area (Å²) in [5.74, 6) is 0. The van der Waals surface area contributed by atoms with Gasteiger partial charge in [-0.25, -0.2) is 0 Å². The number of nitrogens with zero attached hydrogens (tertiary/aromatic N) is 1. The van der Waals surface area contributed by atoms with Crippen LogP contribution in [-0.2, 0) is 5.41 Å². The second kappa shape index (κ2) is 13.7. The Bertz CT molecular complexity index is 3500. The first-order valence-corrected chi connectivity index (χ1v) is 21.2. The fourth-order valence-electron chi connectivity index (χ4n) is 10.1. The molecule has 1 aliphatic rings. The molecule has 288 valence electrons. The second-order valence-electron chi connectivity index (χ2n) is 16.9. The number of furan rings is 1. The van der Waals surface area contributed by atoms with E-state index >= 15 is 0 Å². The molecule has 1 aromatic heterocycles. The molecule has 2 heteroatoms. The van der Waals surface area contributed by atoms with Gasteiger partial charge in [-0.15, -0.1) is 0 Å². The number of hydrogen-bond donors (Lipinski definition) is 0. The summed E-state index contributed by atoms with van der Waals surface area (Å²) in [4.78, 5) is 2.47. The molecular formula is C59H41NO. The second-order valence-corrected chi connectivity index (χ2v) is 16.9.